The van der Waals surface area contributed by atoms with E-state index in [0.29, 0.717) is 30.2 Å². The number of aliphatic imine (C=N–C) groups is 1. The molecule has 10 heteroatoms. The molecule has 1 saturated carbocycles. The van der Waals surface area contributed by atoms with E-state index in [4.69, 9.17) is 0 Å². The van der Waals surface area contributed by atoms with Crippen LogP contribution in [0.25, 0.3) is 5.65 Å². The Kier molecular flexibility index (Phi) is 4.38. The van der Waals surface area contributed by atoms with E-state index in [1.165, 1.54) is 15.3 Å². The Hall–Kier alpha value is -3.56. The summed E-state index contributed by atoms with van der Waals surface area (Å²) in [6.07, 6.45) is 2.85. The number of aromatic nitrogens is 4. The van der Waals surface area contributed by atoms with E-state index in [0.717, 1.165) is 0 Å². The molecule has 0 unspecified atom stereocenters. The third-order valence-corrected chi connectivity index (χ3v) is 4.79. The first-order valence-corrected chi connectivity index (χ1v) is 8.71. The number of alkyl halides is 1. The highest BCUT2D eigenvalue weighted by Crippen LogP contribution is 2.33. The Morgan fingerprint density at radius 2 is 2.21 bits per heavy atom. The Balaban J connectivity index is 1.74. The summed E-state index contributed by atoms with van der Waals surface area (Å²) in [6.45, 7) is 3.25. The smallest absolute Gasteiger partial charge is 0.281 e. The van der Waals surface area contributed by atoms with Crippen molar-refractivity contribution in [1.82, 2.24) is 19.2 Å². The van der Waals surface area contributed by atoms with Crippen molar-refractivity contribution in [2.24, 2.45) is 4.99 Å². The van der Waals surface area contributed by atoms with Crippen LogP contribution in [0.2, 0.25) is 0 Å². The minimum atomic E-state index is -0.855. The van der Waals surface area contributed by atoms with E-state index in [1.807, 2.05) is 0 Å². The van der Waals surface area contributed by atoms with Crippen molar-refractivity contribution < 1.29 is 9.18 Å². The fourth-order valence-electron chi connectivity index (χ4n) is 3.22. The monoisotopic (exact) mass is 383 g/mol. The summed E-state index contributed by atoms with van der Waals surface area (Å²) in [6, 6.07) is 4.88. The standard InChI is InChI=1S/C18H18FN7O2/c1-20-15-8-14(24-16-12(17(27)21-2)9-22-26(15)16)23-13-4-3-5-25(18(13)28)11-6-10(19)7-11/h3-5,8-11,20H,2,6-7H2,1H3,(H,23,24). The second kappa shape index (κ2) is 6.87. The summed E-state index contributed by atoms with van der Waals surface area (Å²) < 4.78 is 16.2. The van der Waals surface area contributed by atoms with Gasteiger partial charge in [0.25, 0.3) is 11.5 Å². The minimum absolute atomic E-state index is 0.134. The Morgan fingerprint density at radius 3 is 2.89 bits per heavy atom. The second-order valence-corrected chi connectivity index (χ2v) is 6.52. The Bertz CT molecular complexity index is 1130. The number of anilines is 3. The van der Waals surface area contributed by atoms with Gasteiger partial charge in [-0.15, -0.1) is 0 Å². The van der Waals surface area contributed by atoms with Crippen LogP contribution in [0.4, 0.5) is 21.7 Å². The van der Waals surface area contributed by atoms with Crippen LogP contribution in [0.15, 0.2) is 40.4 Å². The lowest BCUT2D eigenvalue weighted by Crippen LogP contribution is -2.35. The molecule has 28 heavy (non-hydrogen) atoms. The molecule has 2 N–H and O–H groups in total. The maximum absolute atomic E-state index is 13.2. The van der Waals surface area contributed by atoms with Gasteiger partial charge in [0.15, 0.2) is 5.65 Å². The minimum Gasteiger partial charge on any atom is -0.373 e. The van der Waals surface area contributed by atoms with Crippen LogP contribution in [0.1, 0.15) is 29.2 Å². The zero-order valence-electron chi connectivity index (χ0n) is 15.1. The summed E-state index contributed by atoms with van der Waals surface area (Å²) >= 11 is 0. The highest BCUT2D eigenvalue weighted by molar-refractivity contribution is 6.02. The molecule has 3 aromatic heterocycles. The van der Waals surface area contributed by atoms with Crippen LogP contribution >= 0.6 is 0 Å². The van der Waals surface area contributed by atoms with Gasteiger partial charge in [-0.25, -0.2) is 14.4 Å². The largest absolute Gasteiger partial charge is 0.373 e. The lowest BCUT2D eigenvalue weighted by molar-refractivity contribution is 0.100. The number of hydrogen-bond donors (Lipinski definition) is 2. The number of carbonyl (C=O) groups is 1. The first kappa shape index (κ1) is 17.8. The average Bonchev–Trinajstić information content (AvgIpc) is 3.10. The predicted molar refractivity (Wildman–Crippen MR) is 104 cm³/mol. The molecule has 4 rings (SSSR count). The molecule has 3 aromatic rings. The van der Waals surface area contributed by atoms with Crippen LogP contribution in [-0.4, -0.2) is 45.0 Å². The van der Waals surface area contributed by atoms with E-state index < -0.39 is 12.1 Å². The molecule has 1 aliphatic carbocycles. The number of hydrogen-bond acceptors (Lipinski definition) is 6. The molecule has 144 valence electrons. The molecule has 0 radical (unpaired) electrons. The SMILES string of the molecule is C=NC(=O)c1cnn2c(NC)cc(Nc3cccn(C4CC(F)C4)c3=O)nc12. The van der Waals surface area contributed by atoms with Crippen LogP contribution in [0, 0.1) is 0 Å². The maximum Gasteiger partial charge on any atom is 0.281 e. The van der Waals surface area contributed by atoms with Crippen LogP contribution in [0.3, 0.4) is 0 Å². The van der Waals surface area contributed by atoms with Gasteiger partial charge < -0.3 is 15.2 Å². The van der Waals surface area contributed by atoms with Crippen molar-refractivity contribution in [3.05, 3.63) is 46.5 Å². The summed E-state index contributed by atoms with van der Waals surface area (Å²) in [5.74, 6) is 0.364. The van der Waals surface area contributed by atoms with Gasteiger partial charge >= 0.3 is 0 Å². The molecular weight excluding hydrogens is 365 g/mol. The Labute approximate surface area is 158 Å². The number of nitrogens with one attached hydrogen (secondary N) is 2. The highest BCUT2D eigenvalue weighted by Gasteiger charge is 2.31. The van der Waals surface area contributed by atoms with Crippen molar-refractivity contribution in [3.63, 3.8) is 0 Å². The number of fused-ring (bicyclic) bond motifs is 1. The van der Waals surface area contributed by atoms with Gasteiger partial charge in [0, 0.05) is 25.4 Å². The lowest BCUT2D eigenvalue weighted by atomic mass is 9.90. The number of halogens is 1. The summed E-state index contributed by atoms with van der Waals surface area (Å²) in [5, 5.41) is 10.1. The molecule has 3 heterocycles. The van der Waals surface area contributed by atoms with E-state index in [9.17, 15) is 14.0 Å². The molecule has 0 bridgehead atoms. The lowest BCUT2D eigenvalue weighted by Gasteiger charge is -2.31. The van der Waals surface area contributed by atoms with Gasteiger partial charge in [0.05, 0.1) is 6.20 Å². The maximum atomic E-state index is 13.2. The van der Waals surface area contributed by atoms with E-state index >= 15 is 0 Å². The highest BCUT2D eigenvalue weighted by atomic mass is 19.1. The molecule has 0 saturated heterocycles. The van der Waals surface area contributed by atoms with E-state index in [2.05, 4.69) is 32.4 Å². The molecular formula is C18H18FN7O2. The number of carbonyl (C=O) groups excluding carboxylic acids is 1. The van der Waals surface area contributed by atoms with Crippen LogP contribution in [-0.2, 0) is 0 Å². The van der Waals surface area contributed by atoms with Gasteiger partial charge in [-0.3, -0.25) is 9.59 Å². The number of amides is 1. The summed E-state index contributed by atoms with van der Waals surface area (Å²) in [4.78, 5) is 32.5. The average molecular weight is 383 g/mol. The molecule has 1 amide bonds. The zero-order chi connectivity index (χ0) is 19.8. The Morgan fingerprint density at radius 1 is 1.43 bits per heavy atom. The van der Waals surface area contributed by atoms with Crippen molar-refractivity contribution in [1.29, 1.82) is 0 Å². The first-order chi connectivity index (χ1) is 13.5. The molecule has 0 aromatic carbocycles. The predicted octanol–water partition coefficient (Wildman–Crippen LogP) is 2.19. The van der Waals surface area contributed by atoms with E-state index in [-0.39, 0.29) is 22.8 Å². The van der Waals surface area contributed by atoms with Gasteiger partial charge in [0.1, 0.15) is 29.1 Å². The third-order valence-electron chi connectivity index (χ3n) is 4.79. The molecule has 0 aliphatic heterocycles. The topological polar surface area (TPSA) is 106 Å². The van der Waals surface area contributed by atoms with E-state index in [1.54, 1.807) is 31.4 Å². The van der Waals surface area contributed by atoms with Gasteiger partial charge in [-0.2, -0.15) is 9.61 Å². The third kappa shape index (κ3) is 2.92. The van der Waals surface area contributed by atoms with Crippen molar-refractivity contribution in [3.8, 4) is 0 Å². The summed E-state index contributed by atoms with van der Waals surface area (Å²) in [5.41, 5.74) is 0.522. The summed E-state index contributed by atoms with van der Waals surface area (Å²) in [7, 11) is 1.70. The molecule has 9 nitrogen and oxygen atoms in total. The number of pyridine rings is 1. The van der Waals surface area contributed by atoms with Gasteiger partial charge in [-0.05, 0) is 31.7 Å². The van der Waals surface area contributed by atoms with Crippen LogP contribution in [0.5, 0.6) is 0 Å². The van der Waals surface area contributed by atoms with Crippen LogP contribution < -0.4 is 16.2 Å². The normalized spacial score (nSPS) is 18.5. The van der Waals surface area contributed by atoms with Crippen molar-refractivity contribution in [2.75, 3.05) is 17.7 Å². The molecule has 0 atom stereocenters. The van der Waals surface area contributed by atoms with Gasteiger partial charge in [-0.1, -0.05) is 0 Å². The molecule has 0 spiro atoms. The first-order valence-electron chi connectivity index (χ1n) is 8.71. The number of rotatable bonds is 5. The van der Waals surface area contributed by atoms with Gasteiger partial charge in [0.2, 0.25) is 0 Å². The zero-order valence-corrected chi connectivity index (χ0v) is 15.1. The fraction of sp³-hybridized carbons (Fsp3) is 0.278. The molecule has 1 aliphatic rings. The van der Waals surface area contributed by atoms with Crippen molar-refractivity contribution >= 4 is 35.6 Å². The fourth-order valence-corrected chi connectivity index (χ4v) is 3.22. The second-order valence-electron chi connectivity index (χ2n) is 6.52. The number of nitrogens with zero attached hydrogens (tertiary/aromatic N) is 5. The van der Waals surface area contributed by atoms with Crippen molar-refractivity contribution in [2.45, 2.75) is 25.1 Å². The molecule has 1 fully saturated rings. The quantitative estimate of drug-likeness (QED) is 0.654.